The first kappa shape index (κ1) is 15.1. The lowest BCUT2D eigenvalue weighted by atomic mass is 10.4. The topological polar surface area (TPSA) is 89.8 Å². The van der Waals surface area contributed by atoms with Crippen molar-refractivity contribution in [1.82, 2.24) is 24.7 Å². The Morgan fingerprint density at radius 1 is 1.23 bits per heavy atom. The van der Waals surface area contributed by atoms with E-state index < -0.39 is 10.0 Å². The maximum absolute atomic E-state index is 12.1. The van der Waals surface area contributed by atoms with E-state index in [4.69, 9.17) is 11.6 Å². The highest BCUT2D eigenvalue weighted by molar-refractivity contribution is 7.91. The van der Waals surface area contributed by atoms with Gasteiger partial charge in [0.2, 0.25) is 10.0 Å². The predicted molar refractivity (Wildman–Crippen MR) is 82.5 cm³/mol. The minimum atomic E-state index is -3.60. The summed E-state index contributed by atoms with van der Waals surface area (Å²) in [5, 5.41) is 7.89. The average Bonchev–Trinajstić information content (AvgIpc) is 3.15. The van der Waals surface area contributed by atoms with Crippen molar-refractivity contribution in [2.75, 3.05) is 0 Å². The monoisotopic (exact) mass is 355 g/mol. The molecule has 1 N–H and O–H groups in total. The quantitative estimate of drug-likeness (QED) is 0.754. The second-order valence-electron chi connectivity index (χ2n) is 4.24. The third-order valence-electron chi connectivity index (χ3n) is 2.72. The van der Waals surface area contributed by atoms with Crippen LogP contribution in [0.3, 0.4) is 0 Å². The first-order valence-corrected chi connectivity index (χ1v) is 8.79. The average molecular weight is 356 g/mol. The number of aromatic nitrogens is 4. The molecule has 0 aliphatic rings. The van der Waals surface area contributed by atoms with Crippen LogP contribution < -0.4 is 4.72 Å². The summed E-state index contributed by atoms with van der Waals surface area (Å²) < 4.78 is 28.7. The Balaban J connectivity index is 1.71. The molecule has 3 aromatic heterocycles. The molecule has 0 fully saturated rings. The number of rotatable bonds is 5. The van der Waals surface area contributed by atoms with Gasteiger partial charge >= 0.3 is 0 Å². The Hall–Kier alpha value is -1.81. The van der Waals surface area contributed by atoms with Crippen LogP contribution in [0.1, 0.15) is 5.69 Å². The van der Waals surface area contributed by atoms with Gasteiger partial charge in [-0.3, -0.25) is 4.98 Å². The summed E-state index contributed by atoms with van der Waals surface area (Å²) in [6.45, 7) is 0.0446. The first-order valence-electron chi connectivity index (χ1n) is 6.11. The van der Waals surface area contributed by atoms with Crippen molar-refractivity contribution in [2.45, 2.75) is 10.8 Å². The Kier molecular flexibility index (Phi) is 4.21. The van der Waals surface area contributed by atoms with Crippen molar-refractivity contribution in [3.8, 4) is 5.69 Å². The van der Waals surface area contributed by atoms with Crippen LogP contribution in [-0.4, -0.2) is 28.4 Å². The van der Waals surface area contributed by atoms with E-state index in [1.807, 2.05) is 0 Å². The summed E-state index contributed by atoms with van der Waals surface area (Å²) in [6.07, 6.45) is 4.93. The first-order chi connectivity index (χ1) is 10.5. The van der Waals surface area contributed by atoms with Crippen LogP contribution in [-0.2, 0) is 16.6 Å². The predicted octanol–water partition coefficient (Wildman–Crippen LogP) is 1.86. The van der Waals surface area contributed by atoms with E-state index in [2.05, 4.69) is 20.0 Å². The van der Waals surface area contributed by atoms with E-state index in [1.165, 1.54) is 6.07 Å². The molecule has 0 bridgehead atoms. The lowest BCUT2D eigenvalue weighted by molar-refractivity contribution is 0.582. The van der Waals surface area contributed by atoms with Gasteiger partial charge in [0.1, 0.15) is 4.21 Å². The number of pyridine rings is 1. The van der Waals surface area contributed by atoms with Crippen LogP contribution in [0.2, 0.25) is 4.34 Å². The van der Waals surface area contributed by atoms with E-state index in [1.54, 1.807) is 41.5 Å². The molecular formula is C12H10ClN5O2S2. The Bertz CT molecular complexity index is 876. The zero-order valence-corrected chi connectivity index (χ0v) is 13.4. The Labute approximate surface area is 135 Å². The fourth-order valence-corrected chi connectivity index (χ4v) is 4.21. The Morgan fingerprint density at radius 3 is 2.68 bits per heavy atom. The second kappa shape index (κ2) is 6.13. The van der Waals surface area contributed by atoms with Gasteiger partial charge in [-0.15, -0.1) is 16.4 Å². The second-order valence-corrected chi connectivity index (χ2v) is 7.95. The van der Waals surface area contributed by atoms with Crippen LogP contribution in [0.25, 0.3) is 5.69 Å². The highest BCUT2D eigenvalue weighted by atomic mass is 35.5. The van der Waals surface area contributed by atoms with Gasteiger partial charge in [-0.05, 0) is 24.3 Å². The maximum Gasteiger partial charge on any atom is 0.250 e. The van der Waals surface area contributed by atoms with E-state index in [0.717, 1.165) is 17.0 Å². The molecule has 7 nitrogen and oxygen atoms in total. The summed E-state index contributed by atoms with van der Waals surface area (Å²) in [5.41, 5.74) is 1.30. The molecule has 0 unspecified atom stereocenters. The van der Waals surface area contributed by atoms with Gasteiger partial charge in [0.25, 0.3) is 0 Å². The standard InChI is InChI=1S/C12H10ClN5O2S2/c13-11-1-2-12(21-11)22(19,20)15-7-9-8-18(17-16-9)10-3-5-14-6-4-10/h1-6,8,15H,7H2. The minimum Gasteiger partial charge on any atom is -0.265 e. The van der Waals surface area contributed by atoms with Crippen molar-refractivity contribution >= 4 is 33.0 Å². The number of nitrogens with one attached hydrogen (secondary N) is 1. The van der Waals surface area contributed by atoms with Gasteiger partial charge in [-0.25, -0.2) is 17.8 Å². The number of sulfonamides is 1. The van der Waals surface area contributed by atoms with Crippen LogP contribution in [0.5, 0.6) is 0 Å². The highest BCUT2D eigenvalue weighted by Gasteiger charge is 2.17. The van der Waals surface area contributed by atoms with Crippen LogP contribution in [0.15, 0.2) is 47.1 Å². The van der Waals surface area contributed by atoms with Gasteiger partial charge in [-0.2, -0.15) is 0 Å². The summed E-state index contributed by atoms with van der Waals surface area (Å²) in [6, 6.07) is 6.55. The molecule has 0 amide bonds. The minimum absolute atomic E-state index is 0.0446. The third kappa shape index (κ3) is 3.33. The molecule has 3 heterocycles. The normalized spacial score (nSPS) is 11.7. The molecule has 0 atom stereocenters. The molecule has 0 saturated carbocycles. The SMILES string of the molecule is O=S(=O)(NCc1cn(-c2ccncc2)nn1)c1ccc(Cl)s1. The number of hydrogen-bond acceptors (Lipinski definition) is 6. The third-order valence-corrected chi connectivity index (χ3v) is 5.85. The van der Waals surface area contributed by atoms with E-state index in [-0.39, 0.29) is 10.8 Å². The maximum atomic E-state index is 12.1. The van der Waals surface area contributed by atoms with Crippen molar-refractivity contribution in [2.24, 2.45) is 0 Å². The lowest BCUT2D eigenvalue weighted by Crippen LogP contribution is -2.22. The summed E-state index contributed by atoms with van der Waals surface area (Å²) in [5.74, 6) is 0. The number of halogens is 1. The molecule has 22 heavy (non-hydrogen) atoms. The van der Waals surface area contributed by atoms with Crippen molar-refractivity contribution in [1.29, 1.82) is 0 Å². The van der Waals surface area contributed by atoms with Gasteiger partial charge in [-0.1, -0.05) is 16.8 Å². The van der Waals surface area contributed by atoms with Crippen LogP contribution >= 0.6 is 22.9 Å². The molecule has 0 radical (unpaired) electrons. The molecule has 0 aliphatic carbocycles. The zero-order valence-electron chi connectivity index (χ0n) is 11.0. The molecule has 0 aliphatic heterocycles. The molecule has 0 aromatic carbocycles. The zero-order chi connectivity index (χ0) is 15.6. The van der Waals surface area contributed by atoms with Crippen molar-refractivity contribution < 1.29 is 8.42 Å². The molecule has 0 spiro atoms. The van der Waals surface area contributed by atoms with Crippen molar-refractivity contribution in [3.63, 3.8) is 0 Å². The van der Waals surface area contributed by atoms with Gasteiger partial charge in [0.15, 0.2) is 0 Å². The lowest BCUT2D eigenvalue weighted by Gasteiger charge is -2.01. The molecule has 114 valence electrons. The molecular weight excluding hydrogens is 346 g/mol. The number of nitrogens with zero attached hydrogens (tertiary/aromatic N) is 4. The van der Waals surface area contributed by atoms with Crippen molar-refractivity contribution in [3.05, 3.63) is 52.9 Å². The number of thiophene rings is 1. The molecule has 10 heteroatoms. The van der Waals surface area contributed by atoms with Crippen LogP contribution in [0, 0.1) is 0 Å². The largest absolute Gasteiger partial charge is 0.265 e. The molecule has 0 saturated heterocycles. The highest BCUT2D eigenvalue weighted by Crippen LogP contribution is 2.25. The van der Waals surface area contributed by atoms with Gasteiger partial charge in [0.05, 0.1) is 28.5 Å². The smallest absolute Gasteiger partial charge is 0.250 e. The summed E-state index contributed by atoms with van der Waals surface area (Å²) in [7, 11) is -3.60. The molecule has 3 rings (SSSR count). The van der Waals surface area contributed by atoms with Gasteiger partial charge < -0.3 is 0 Å². The fourth-order valence-electron chi connectivity index (χ4n) is 1.68. The van der Waals surface area contributed by atoms with Gasteiger partial charge in [0, 0.05) is 12.4 Å². The number of hydrogen-bond donors (Lipinski definition) is 1. The fraction of sp³-hybridized carbons (Fsp3) is 0.0833. The van der Waals surface area contributed by atoms with Crippen LogP contribution in [0.4, 0.5) is 0 Å². The Morgan fingerprint density at radius 2 is 2.00 bits per heavy atom. The van der Waals surface area contributed by atoms with E-state index in [0.29, 0.717) is 10.0 Å². The molecule has 3 aromatic rings. The summed E-state index contributed by atoms with van der Waals surface area (Å²) >= 11 is 6.75. The van der Waals surface area contributed by atoms with E-state index in [9.17, 15) is 8.42 Å². The van der Waals surface area contributed by atoms with E-state index >= 15 is 0 Å². The summed E-state index contributed by atoms with van der Waals surface area (Å²) in [4.78, 5) is 3.92.